The van der Waals surface area contributed by atoms with Gasteiger partial charge in [0, 0.05) is 12.2 Å². The molecule has 1 heterocycles. The molecule has 1 aliphatic heterocycles. The van der Waals surface area contributed by atoms with Crippen molar-refractivity contribution in [2.24, 2.45) is 0 Å². The number of rotatable bonds is 7. The highest BCUT2D eigenvalue weighted by atomic mass is 35.5. The first-order valence-corrected chi connectivity index (χ1v) is 12.5. The molecule has 2 aromatic rings. The van der Waals surface area contributed by atoms with Gasteiger partial charge in [0.05, 0.1) is 4.90 Å². The van der Waals surface area contributed by atoms with E-state index in [4.69, 9.17) is 0 Å². The Kier molecular flexibility index (Phi) is 7.83. The molecule has 1 N–H and O–H groups in total. The monoisotopic (exact) mass is 448 g/mol. The molecule has 1 saturated heterocycles. The summed E-state index contributed by atoms with van der Waals surface area (Å²) in [5, 5.41) is 0. The van der Waals surface area contributed by atoms with Crippen LogP contribution < -0.4 is 4.72 Å². The first-order chi connectivity index (χ1) is 14.0. The van der Waals surface area contributed by atoms with E-state index < -0.39 is 10.0 Å². The second kappa shape index (κ2) is 10.2. The lowest BCUT2D eigenvalue weighted by atomic mass is 9.98. The predicted molar refractivity (Wildman–Crippen MR) is 126 cm³/mol. The van der Waals surface area contributed by atoms with E-state index in [1.54, 1.807) is 12.1 Å². The molecular formula is C24H33ClN2O2S. The van der Waals surface area contributed by atoms with E-state index in [9.17, 15) is 8.42 Å². The molecule has 2 aromatic carbocycles. The summed E-state index contributed by atoms with van der Waals surface area (Å²) in [5.74, 6) is 1.14. The van der Waals surface area contributed by atoms with Crippen LogP contribution in [0.2, 0.25) is 0 Å². The lowest BCUT2D eigenvalue weighted by Crippen LogP contribution is -2.20. The number of benzene rings is 2. The molecule has 6 heteroatoms. The van der Waals surface area contributed by atoms with Crippen molar-refractivity contribution in [3.05, 3.63) is 59.7 Å². The van der Waals surface area contributed by atoms with E-state index >= 15 is 0 Å². The SMILES string of the molecule is CCCN1CC[C@@H](c2ccc(NS(=O)(=O)c3ccc(C4CCCC4)cc3)cc2)C1.Cl. The number of halogens is 1. The van der Waals surface area contributed by atoms with Crippen LogP contribution in [0.25, 0.3) is 0 Å². The lowest BCUT2D eigenvalue weighted by Gasteiger charge is -2.15. The molecule has 1 saturated carbocycles. The van der Waals surface area contributed by atoms with Crippen LogP contribution in [0.4, 0.5) is 5.69 Å². The number of hydrogen-bond donors (Lipinski definition) is 1. The first kappa shape index (κ1) is 23.1. The molecule has 0 amide bonds. The number of sulfonamides is 1. The Hall–Kier alpha value is -1.56. The van der Waals surface area contributed by atoms with Crippen LogP contribution in [0.3, 0.4) is 0 Å². The molecule has 30 heavy (non-hydrogen) atoms. The van der Waals surface area contributed by atoms with Gasteiger partial charge < -0.3 is 4.90 Å². The van der Waals surface area contributed by atoms with E-state index in [0.29, 0.717) is 22.4 Å². The van der Waals surface area contributed by atoms with Gasteiger partial charge in [0.1, 0.15) is 0 Å². The number of anilines is 1. The molecule has 4 rings (SSSR count). The van der Waals surface area contributed by atoms with Gasteiger partial charge in [-0.3, -0.25) is 4.72 Å². The fourth-order valence-electron chi connectivity index (χ4n) is 4.84. The number of hydrogen-bond acceptors (Lipinski definition) is 3. The summed E-state index contributed by atoms with van der Waals surface area (Å²) >= 11 is 0. The zero-order valence-corrected chi connectivity index (χ0v) is 19.4. The highest BCUT2D eigenvalue weighted by Crippen LogP contribution is 2.34. The molecule has 0 bridgehead atoms. The summed E-state index contributed by atoms with van der Waals surface area (Å²) in [4.78, 5) is 2.84. The minimum Gasteiger partial charge on any atom is -0.303 e. The van der Waals surface area contributed by atoms with Gasteiger partial charge in [0.15, 0.2) is 0 Å². The zero-order valence-electron chi connectivity index (χ0n) is 17.7. The minimum absolute atomic E-state index is 0. The van der Waals surface area contributed by atoms with Gasteiger partial charge in [0.25, 0.3) is 10.0 Å². The zero-order chi connectivity index (χ0) is 20.3. The topological polar surface area (TPSA) is 49.4 Å². The average molecular weight is 449 g/mol. The maximum absolute atomic E-state index is 12.8. The summed E-state index contributed by atoms with van der Waals surface area (Å²) in [6, 6.07) is 15.4. The molecule has 164 valence electrons. The van der Waals surface area contributed by atoms with Crippen molar-refractivity contribution in [2.75, 3.05) is 24.4 Å². The van der Waals surface area contributed by atoms with Crippen molar-refractivity contribution in [3.8, 4) is 0 Å². The van der Waals surface area contributed by atoms with Gasteiger partial charge in [-0.05, 0) is 86.0 Å². The number of nitrogens with one attached hydrogen (secondary N) is 1. The van der Waals surface area contributed by atoms with Gasteiger partial charge >= 0.3 is 0 Å². The van der Waals surface area contributed by atoms with E-state index in [-0.39, 0.29) is 12.4 Å². The van der Waals surface area contributed by atoms with Gasteiger partial charge in [-0.1, -0.05) is 44.0 Å². The van der Waals surface area contributed by atoms with Crippen molar-refractivity contribution in [2.45, 2.75) is 62.2 Å². The van der Waals surface area contributed by atoms with Crippen molar-refractivity contribution in [1.29, 1.82) is 0 Å². The highest BCUT2D eigenvalue weighted by Gasteiger charge is 2.23. The Labute approximate surface area is 187 Å². The summed E-state index contributed by atoms with van der Waals surface area (Å²) < 4.78 is 28.3. The second-order valence-electron chi connectivity index (χ2n) is 8.56. The van der Waals surface area contributed by atoms with Gasteiger partial charge in [0.2, 0.25) is 0 Å². The smallest absolute Gasteiger partial charge is 0.261 e. The Morgan fingerprint density at radius 3 is 2.13 bits per heavy atom. The van der Waals surface area contributed by atoms with Crippen LogP contribution in [0, 0.1) is 0 Å². The Morgan fingerprint density at radius 1 is 0.900 bits per heavy atom. The minimum atomic E-state index is -3.56. The van der Waals surface area contributed by atoms with Crippen LogP contribution in [0.5, 0.6) is 0 Å². The van der Waals surface area contributed by atoms with Crippen molar-refractivity contribution < 1.29 is 8.42 Å². The largest absolute Gasteiger partial charge is 0.303 e. The lowest BCUT2D eigenvalue weighted by molar-refractivity contribution is 0.335. The summed E-state index contributed by atoms with van der Waals surface area (Å²) in [7, 11) is -3.56. The van der Waals surface area contributed by atoms with Crippen LogP contribution in [0.15, 0.2) is 53.4 Å². The number of nitrogens with zero attached hydrogens (tertiary/aromatic N) is 1. The Balaban J connectivity index is 0.00000256. The molecule has 0 unspecified atom stereocenters. The molecule has 0 radical (unpaired) electrons. The van der Waals surface area contributed by atoms with E-state index in [2.05, 4.69) is 28.7 Å². The first-order valence-electron chi connectivity index (χ1n) is 11.0. The standard InChI is InChI=1S/C24H32N2O2S.ClH/c1-2-16-26-17-15-22(18-26)21-7-11-23(12-8-21)25-29(27,28)24-13-9-20(10-14-24)19-5-3-4-6-19;/h7-14,19,22,25H,2-6,15-18H2,1H3;1H/t22-;/m1./s1. The maximum Gasteiger partial charge on any atom is 0.261 e. The molecule has 0 spiro atoms. The average Bonchev–Trinajstić information content (AvgIpc) is 3.41. The predicted octanol–water partition coefficient (Wildman–Crippen LogP) is 5.77. The fourth-order valence-corrected chi connectivity index (χ4v) is 5.90. The quantitative estimate of drug-likeness (QED) is 0.585. The van der Waals surface area contributed by atoms with E-state index in [1.807, 2.05) is 24.3 Å². The van der Waals surface area contributed by atoms with Crippen molar-refractivity contribution in [3.63, 3.8) is 0 Å². The third-order valence-electron chi connectivity index (χ3n) is 6.46. The van der Waals surface area contributed by atoms with Crippen molar-refractivity contribution in [1.82, 2.24) is 4.90 Å². The van der Waals surface area contributed by atoms with Crippen molar-refractivity contribution >= 4 is 28.1 Å². The van der Waals surface area contributed by atoms with Crippen LogP contribution in [-0.2, 0) is 10.0 Å². The Bertz CT molecular complexity index is 907. The number of likely N-dealkylation sites (tertiary alicyclic amines) is 1. The van der Waals surface area contributed by atoms with Gasteiger partial charge in [-0.25, -0.2) is 8.42 Å². The summed E-state index contributed by atoms with van der Waals surface area (Å²) in [6.45, 7) is 5.64. The van der Waals surface area contributed by atoms with E-state index in [1.165, 1.54) is 49.7 Å². The van der Waals surface area contributed by atoms with Crippen LogP contribution >= 0.6 is 12.4 Å². The Morgan fingerprint density at radius 2 is 1.50 bits per heavy atom. The van der Waals surface area contributed by atoms with Gasteiger partial charge in [-0.15, -0.1) is 12.4 Å². The normalized spacial score (nSPS) is 20.2. The third-order valence-corrected chi connectivity index (χ3v) is 7.86. The fraction of sp³-hybridized carbons (Fsp3) is 0.500. The van der Waals surface area contributed by atoms with E-state index in [0.717, 1.165) is 19.6 Å². The molecule has 4 nitrogen and oxygen atoms in total. The molecule has 2 fully saturated rings. The van der Waals surface area contributed by atoms with Gasteiger partial charge in [-0.2, -0.15) is 0 Å². The maximum atomic E-state index is 12.8. The van der Waals surface area contributed by atoms with Crippen LogP contribution in [-0.4, -0.2) is 33.0 Å². The molecule has 2 aliphatic rings. The summed E-state index contributed by atoms with van der Waals surface area (Å²) in [6.07, 6.45) is 7.36. The molecule has 1 aliphatic carbocycles. The third kappa shape index (κ3) is 5.37. The molecule has 1 atom stereocenters. The molecular weight excluding hydrogens is 416 g/mol. The second-order valence-corrected chi connectivity index (χ2v) is 10.2. The summed E-state index contributed by atoms with van der Waals surface area (Å²) in [5.41, 5.74) is 3.18. The highest BCUT2D eigenvalue weighted by molar-refractivity contribution is 7.92. The molecule has 0 aromatic heterocycles. The van der Waals surface area contributed by atoms with Crippen LogP contribution in [0.1, 0.15) is 68.4 Å².